The Hall–Kier alpha value is -0.440. The van der Waals surface area contributed by atoms with Crippen LogP contribution in [0.25, 0.3) is 0 Å². The Labute approximate surface area is 112 Å². The molecule has 0 aromatic heterocycles. The summed E-state index contributed by atoms with van der Waals surface area (Å²) in [5, 5.41) is 1.28. The highest BCUT2D eigenvalue weighted by molar-refractivity contribution is 6.42. The molecule has 0 aliphatic carbocycles. The van der Waals surface area contributed by atoms with Gasteiger partial charge in [-0.05, 0) is 38.1 Å². The Bertz CT molecular complexity index is 421. The summed E-state index contributed by atoms with van der Waals surface area (Å²) in [6, 6.07) is 7.33. The average Bonchev–Trinajstić information content (AvgIpc) is 2.55. The Morgan fingerprint density at radius 2 is 1.71 bits per heavy atom. The third-order valence-electron chi connectivity index (χ3n) is 4.12. The summed E-state index contributed by atoms with van der Waals surface area (Å²) in [6.07, 6.45) is 2.64. The molecule has 2 nitrogen and oxygen atoms in total. The molecule has 2 atom stereocenters. The van der Waals surface area contributed by atoms with Crippen molar-refractivity contribution < 1.29 is 0 Å². The standard InChI is InChI=1S/C13H16Cl2N2/c1-16-10-2-3-11(16)8-17(7-10)9-4-5-12(14)13(15)6-9/h4-6,10-11H,2-3,7-8H2,1H3. The SMILES string of the molecule is CN1C2CCC1CN(c1ccc(Cl)c(Cl)c1)C2. The summed E-state index contributed by atoms with van der Waals surface area (Å²) in [5.74, 6) is 0. The Kier molecular flexibility index (Phi) is 2.97. The van der Waals surface area contributed by atoms with Gasteiger partial charge in [0.2, 0.25) is 0 Å². The fraction of sp³-hybridized carbons (Fsp3) is 0.538. The van der Waals surface area contributed by atoms with Crippen LogP contribution >= 0.6 is 23.2 Å². The molecular formula is C13H16Cl2N2. The topological polar surface area (TPSA) is 6.48 Å². The number of hydrogen-bond acceptors (Lipinski definition) is 2. The van der Waals surface area contributed by atoms with Crippen molar-refractivity contribution in [3.8, 4) is 0 Å². The van der Waals surface area contributed by atoms with Crippen LogP contribution < -0.4 is 4.90 Å². The molecule has 2 saturated heterocycles. The number of rotatable bonds is 1. The minimum absolute atomic E-state index is 0.632. The molecular weight excluding hydrogens is 255 g/mol. The first-order chi connectivity index (χ1) is 8.15. The van der Waals surface area contributed by atoms with Gasteiger partial charge in [-0.25, -0.2) is 0 Å². The number of likely N-dealkylation sites (N-methyl/N-ethyl adjacent to an activating group) is 1. The molecule has 3 rings (SSSR count). The van der Waals surface area contributed by atoms with Crippen LogP contribution in [0.15, 0.2) is 18.2 Å². The monoisotopic (exact) mass is 270 g/mol. The van der Waals surface area contributed by atoms with E-state index in [-0.39, 0.29) is 0 Å². The van der Waals surface area contributed by atoms with Gasteiger partial charge in [0.15, 0.2) is 0 Å². The predicted molar refractivity (Wildman–Crippen MR) is 73.2 cm³/mol. The zero-order valence-corrected chi connectivity index (χ0v) is 11.4. The van der Waals surface area contributed by atoms with Crippen LogP contribution in [0.3, 0.4) is 0 Å². The molecule has 2 heterocycles. The Morgan fingerprint density at radius 1 is 1.06 bits per heavy atom. The lowest BCUT2D eigenvalue weighted by Gasteiger charge is -2.40. The number of fused-ring (bicyclic) bond motifs is 2. The second-order valence-corrected chi connectivity index (χ2v) is 5.87. The molecule has 2 bridgehead atoms. The fourth-order valence-corrected chi connectivity index (χ4v) is 3.30. The van der Waals surface area contributed by atoms with E-state index in [0.717, 1.165) is 13.1 Å². The Morgan fingerprint density at radius 3 is 2.29 bits per heavy atom. The largest absolute Gasteiger partial charge is 0.368 e. The minimum Gasteiger partial charge on any atom is -0.368 e. The zero-order valence-electron chi connectivity index (χ0n) is 9.87. The fourth-order valence-electron chi connectivity index (χ4n) is 3.01. The maximum atomic E-state index is 6.08. The number of benzene rings is 1. The van der Waals surface area contributed by atoms with Gasteiger partial charge in [-0.15, -0.1) is 0 Å². The quantitative estimate of drug-likeness (QED) is 0.773. The van der Waals surface area contributed by atoms with Crippen LogP contribution in [0.5, 0.6) is 0 Å². The molecule has 0 saturated carbocycles. The maximum Gasteiger partial charge on any atom is 0.0612 e. The lowest BCUT2D eigenvalue weighted by molar-refractivity contribution is 0.212. The van der Waals surface area contributed by atoms with E-state index in [4.69, 9.17) is 23.2 Å². The highest BCUT2D eigenvalue weighted by Crippen LogP contribution is 2.33. The van der Waals surface area contributed by atoms with Crippen molar-refractivity contribution in [3.63, 3.8) is 0 Å². The molecule has 1 aromatic rings. The highest BCUT2D eigenvalue weighted by Gasteiger charge is 2.37. The first-order valence-corrected chi connectivity index (χ1v) is 6.82. The summed E-state index contributed by atoms with van der Waals surface area (Å²) in [4.78, 5) is 4.96. The van der Waals surface area contributed by atoms with Crippen molar-refractivity contribution in [2.75, 3.05) is 25.0 Å². The number of hydrogen-bond donors (Lipinski definition) is 0. The van der Waals surface area contributed by atoms with Gasteiger partial charge >= 0.3 is 0 Å². The van der Waals surface area contributed by atoms with Crippen LogP contribution in [0.1, 0.15) is 12.8 Å². The first kappa shape index (κ1) is 11.6. The maximum absolute atomic E-state index is 6.08. The van der Waals surface area contributed by atoms with Crippen molar-refractivity contribution in [1.29, 1.82) is 0 Å². The van der Waals surface area contributed by atoms with Crippen LogP contribution in [-0.4, -0.2) is 37.1 Å². The molecule has 2 aliphatic rings. The molecule has 0 N–H and O–H groups in total. The summed E-state index contributed by atoms with van der Waals surface area (Å²) in [6.45, 7) is 2.20. The molecule has 0 radical (unpaired) electrons. The van der Waals surface area contributed by atoms with Gasteiger partial charge in [0.25, 0.3) is 0 Å². The van der Waals surface area contributed by atoms with E-state index in [1.54, 1.807) is 0 Å². The first-order valence-electron chi connectivity index (χ1n) is 6.07. The van der Waals surface area contributed by atoms with Crippen molar-refractivity contribution in [2.45, 2.75) is 24.9 Å². The van der Waals surface area contributed by atoms with Crippen LogP contribution in [0.4, 0.5) is 5.69 Å². The summed E-state index contributed by atoms with van der Waals surface area (Å²) in [5.41, 5.74) is 1.20. The summed E-state index contributed by atoms with van der Waals surface area (Å²) in [7, 11) is 2.24. The molecule has 0 spiro atoms. The molecule has 2 unspecified atom stereocenters. The number of nitrogens with zero attached hydrogens (tertiary/aromatic N) is 2. The molecule has 17 heavy (non-hydrogen) atoms. The van der Waals surface area contributed by atoms with Gasteiger partial charge in [0.1, 0.15) is 0 Å². The summed E-state index contributed by atoms with van der Waals surface area (Å²) < 4.78 is 0. The van der Waals surface area contributed by atoms with Crippen LogP contribution in [0, 0.1) is 0 Å². The third kappa shape index (κ3) is 2.03. The molecule has 4 heteroatoms. The second kappa shape index (κ2) is 4.34. The van der Waals surface area contributed by atoms with Crippen molar-refractivity contribution in [2.24, 2.45) is 0 Å². The second-order valence-electron chi connectivity index (χ2n) is 5.05. The molecule has 92 valence electrons. The zero-order chi connectivity index (χ0) is 12.0. The average molecular weight is 271 g/mol. The van der Waals surface area contributed by atoms with Crippen molar-refractivity contribution in [3.05, 3.63) is 28.2 Å². The summed E-state index contributed by atoms with van der Waals surface area (Å²) >= 11 is 12.0. The van der Waals surface area contributed by atoms with Crippen molar-refractivity contribution >= 4 is 28.9 Å². The highest BCUT2D eigenvalue weighted by atomic mass is 35.5. The van der Waals surface area contributed by atoms with Gasteiger partial charge in [-0.2, -0.15) is 0 Å². The van der Waals surface area contributed by atoms with Gasteiger partial charge < -0.3 is 4.90 Å². The van der Waals surface area contributed by atoms with Crippen LogP contribution in [0.2, 0.25) is 10.0 Å². The lowest BCUT2D eigenvalue weighted by Crippen LogP contribution is -2.52. The van der Waals surface area contributed by atoms with Gasteiger partial charge in [0, 0.05) is 30.9 Å². The van der Waals surface area contributed by atoms with E-state index in [9.17, 15) is 0 Å². The van der Waals surface area contributed by atoms with E-state index in [2.05, 4.69) is 22.9 Å². The van der Waals surface area contributed by atoms with Gasteiger partial charge in [-0.1, -0.05) is 23.2 Å². The van der Waals surface area contributed by atoms with E-state index in [0.29, 0.717) is 22.1 Å². The normalized spacial score (nSPS) is 28.8. The number of anilines is 1. The number of piperazine rings is 1. The molecule has 1 aromatic carbocycles. The smallest absolute Gasteiger partial charge is 0.0612 e. The predicted octanol–water partition coefficient (Wildman–Crippen LogP) is 3.28. The van der Waals surface area contributed by atoms with Gasteiger partial charge in [0.05, 0.1) is 10.0 Å². The lowest BCUT2D eigenvalue weighted by atomic mass is 10.1. The number of halogens is 2. The van der Waals surface area contributed by atoms with E-state index >= 15 is 0 Å². The van der Waals surface area contributed by atoms with E-state index in [1.165, 1.54) is 18.5 Å². The third-order valence-corrected chi connectivity index (χ3v) is 4.85. The van der Waals surface area contributed by atoms with Gasteiger partial charge in [-0.3, -0.25) is 4.90 Å². The van der Waals surface area contributed by atoms with E-state index in [1.807, 2.05) is 12.1 Å². The minimum atomic E-state index is 0.632. The van der Waals surface area contributed by atoms with Crippen molar-refractivity contribution in [1.82, 2.24) is 4.90 Å². The van der Waals surface area contributed by atoms with E-state index < -0.39 is 0 Å². The molecule has 2 aliphatic heterocycles. The Balaban J connectivity index is 1.84. The molecule has 2 fully saturated rings. The van der Waals surface area contributed by atoms with Crippen LogP contribution in [-0.2, 0) is 0 Å². The molecule has 0 amide bonds.